The number of carboxylic acid groups (broad SMARTS) is 1. The van der Waals surface area contributed by atoms with Gasteiger partial charge in [-0.1, -0.05) is 6.07 Å². The molecule has 0 aliphatic carbocycles. The molecule has 1 fully saturated rings. The zero-order chi connectivity index (χ0) is 15.5. The average Bonchev–Trinajstić information content (AvgIpc) is 2.47. The van der Waals surface area contributed by atoms with Crippen LogP contribution in [0.4, 0.5) is 0 Å². The van der Waals surface area contributed by atoms with Crippen molar-refractivity contribution in [1.82, 2.24) is 4.90 Å². The predicted octanol–water partition coefficient (Wildman–Crippen LogP) is 2.25. The van der Waals surface area contributed by atoms with Crippen LogP contribution in [-0.2, 0) is 11.3 Å². The van der Waals surface area contributed by atoms with Gasteiger partial charge in [0.1, 0.15) is 11.8 Å². The van der Waals surface area contributed by atoms with Crippen molar-refractivity contribution in [1.29, 1.82) is 5.26 Å². The Morgan fingerprint density at radius 1 is 1.57 bits per heavy atom. The molecule has 1 heterocycles. The number of benzene rings is 1. The molecule has 0 saturated carbocycles. The molecule has 5 nitrogen and oxygen atoms in total. The van der Waals surface area contributed by atoms with Crippen molar-refractivity contribution >= 4 is 5.97 Å². The number of rotatable bonds is 4. The van der Waals surface area contributed by atoms with Crippen LogP contribution in [0.15, 0.2) is 18.2 Å². The summed E-state index contributed by atoms with van der Waals surface area (Å²) in [5.74, 6) is -0.169. The van der Waals surface area contributed by atoms with E-state index in [0.717, 1.165) is 24.9 Å². The first-order valence-corrected chi connectivity index (χ1v) is 7.01. The van der Waals surface area contributed by atoms with Crippen molar-refractivity contribution < 1.29 is 14.6 Å². The Bertz CT molecular complexity index is 579. The van der Waals surface area contributed by atoms with Gasteiger partial charge in [-0.15, -0.1) is 0 Å². The summed E-state index contributed by atoms with van der Waals surface area (Å²) in [4.78, 5) is 13.5. The van der Waals surface area contributed by atoms with Crippen molar-refractivity contribution in [2.24, 2.45) is 5.41 Å². The quantitative estimate of drug-likeness (QED) is 0.920. The van der Waals surface area contributed by atoms with Crippen LogP contribution in [0.3, 0.4) is 0 Å². The predicted molar refractivity (Wildman–Crippen MR) is 78.0 cm³/mol. The minimum atomic E-state index is -0.732. The van der Waals surface area contributed by atoms with Gasteiger partial charge in [0.05, 0.1) is 18.1 Å². The normalized spacial score (nSPS) is 22.5. The van der Waals surface area contributed by atoms with Crippen molar-refractivity contribution in [3.63, 3.8) is 0 Å². The number of piperidine rings is 1. The van der Waals surface area contributed by atoms with Gasteiger partial charge in [-0.2, -0.15) is 5.26 Å². The SMILES string of the molecule is COc1cc(CN2CCCC(C)(C(=O)O)C2)ccc1C#N. The van der Waals surface area contributed by atoms with Crippen LogP contribution in [0.2, 0.25) is 0 Å². The van der Waals surface area contributed by atoms with Crippen molar-refractivity contribution in [2.45, 2.75) is 26.3 Å². The molecule has 2 rings (SSSR count). The summed E-state index contributed by atoms with van der Waals surface area (Å²) in [7, 11) is 1.54. The molecule has 1 aliphatic rings. The Morgan fingerprint density at radius 3 is 2.95 bits per heavy atom. The maximum atomic E-state index is 11.4. The second-order valence-electron chi connectivity index (χ2n) is 5.83. The second-order valence-corrected chi connectivity index (χ2v) is 5.83. The van der Waals surface area contributed by atoms with Crippen LogP contribution in [-0.4, -0.2) is 36.2 Å². The van der Waals surface area contributed by atoms with E-state index in [9.17, 15) is 9.90 Å². The first-order chi connectivity index (χ1) is 9.98. The van der Waals surface area contributed by atoms with Gasteiger partial charge in [0.25, 0.3) is 0 Å². The van der Waals surface area contributed by atoms with Gasteiger partial charge in [-0.25, -0.2) is 0 Å². The second kappa shape index (κ2) is 6.15. The van der Waals surface area contributed by atoms with Gasteiger partial charge in [0, 0.05) is 13.1 Å². The van der Waals surface area contributed by atoms with Crippen molar-refractivity contribution in [2.75, 3.05) is 20.2 Å². The minimum Gasteiger partial charge on any atom is -0.495 e. The number of carboxylic acids is 1. The van der Waals surface area contributed by atoms with E-state index in [4.69, 9.17) is 10.00 Å². The third kappa shape index (κ3) is 3.34. The standard InChI is InChI=1S/C16H20N2O3/c1-16(15(19)20)6-3-7-18(11-16)10-12-4-5-13(9-17)14(8-12)21-2/h4-5,8H,3,6-7,10-11H2,1-2H3,(H,19,20). The Morgan fingerprint density at radius 2 is 2.33 bits per heavy atom. The molecule has 0 radical (unpaired) electrons. The fourth-order valence-electron chi connectivity index (χ4n) is 2.84. The summed E-state index contributed by atoms with van der Waals surface area (Å²) >= 11 is 0. The monoisotopic (exact) mass is 288 g/mol. The molecule has 1 saturated heterocycles. The molecule has 0 bridgehead atoms. The molecular formula is C16H20N2O3. The molecule has 1 N–H and O–H groups in total. The van der Waals surface area contributed by atoms with Gasteiger partial charge < -0.3 is 9.84 Å². The molecule has 0 aromatic heterocycles. The fraction of sp³-hybridized carbons (Fsp3) is 0.500. The zero-order valence-electron chi connectivity index (χ0n) is 12.4. The Hall–Kier alpha value is -2.06. The molecule has 21 heavy (non-hydrogen) atoms. The van der Waals surface area contributed by atoms with E-state index in [1.54, 1.807) is 20.1 Å². The lowest BCUT2D eigenvalue weighted by Crippen LogP contribution is -2.45. The molecule has 1 unspecified atom stereocenters. The van der Waals surface area contributed by atoms with Crippen LogP contribution in [0.5, 0.6) is 5.75 Å². The summed E-state index contributed by atoms with van der Waals surface area (Å²) in [6.07, 6.45) is 1.60. The highest BCUT2D eigenvalue weighted by molar-refractivity contribution is 5.74. The highest BCUT2D eigenvalue weighted by Gasteiger charge is 2.37. The van der Waals surface area contributed by atoms with Gasteiger partial charge >= 0.3 is 5.97 Å². The smallest absolute Gasteiger partial charge is 0.310 e. The van der Waals surface area contributed by atoms with E-state index in [2.05, 4.69) is 11.0 Å². The Kier molecular flexibility index (Phi) is 4.49. The topological polar surface area (TPSA) is 73.6 Å². The van der Waals surface area contributed by atoms with Crippen LogP contribution >= 0.6 is 0 Å². The lowest BCUT2D eigenvalue weighted by Gasteiger charge is -2.37. The number of likely N-dealkylation sites (tertiary alicyclic amines) is 1. The summed E-state index contributed by atoms with van der Waals surface area (Å²) in [5.41, 5.74) is 0.866. The van der Waals surface area contributed by atoms with Gasteiger partial charge in [-0.05, 0) is 44.0 Å². The number of ether oxygens (including phenoxy) is 1. The molecule has 1 aromatic carbocycles. The van der Waals surface area contributed by atoms with Gasteiger partial charge in [0.2, 0.25) is 0 Å². The third-order valence-electron chi connectivity index (χ3n) is 4.08. The highest BCUT2D eigenvalue weighted by Crippen LogP contribution is 2.31. The number of aliphatic carboxylic acids is 1. The van der Waals surface area contributed by atoms with E-state index in [-0.39, 0.29) is 0 Å². The molecule has 112 valence electrons. The number of hydrogen-bond donors (Lipinski definition) is 1. The molecular weight excluding hydrogens is 268 g/mol. The minimum absolute atomic E-state index is 0.510. The van der Waals surface area contributed by atoms with Crippen molar-refractivity contribution in [3.8, 4) is 11.8 Å². The first-order valence-electron chi connectivity index (χ1n) is 7.01. The largest absolute Gasteiger partial charge is 0.495 e. The average molecular weight is 288 g/mol. The molecule has 1 aromatic rings. The summed E-state index contributed by atoms with van der Waals surface area (Å²) in [6, 6.07) is 7.58. The molecule has 0 spiro atoms. The molecule has 1 aliphatic heterocycles. The van der Waals surface area contributed by atoms with Gasteiger partial charge in [-0.3, -0.25) is 9.69 Å². The van der Waals surface area contributed by atoms with Crippen molar-refractivity contribution in [3.05, 3.63) is 29.3 Å². The first kappa shape index (κ1) is 15.3. The van der Waals surface area contributed by atoms with Gasteiger partial charge in [0.15, 0.2) is 0 Å². The maximum absolute atomic E-state index is 11.4. The Labute approximate surface area is 124 Å². The summed E-state index contributed by atoms with van der Waals surface area (Å²) in [6.45, 7) is 3.92. The van der Waals surface area contributed by atoms with Crippen LogP contribution in [0.25, 0.3) is 0 Å². The summed E-state index contributed by atoms with van der Waals surface area (Å²) < 4.78 is 5.21. The van der Waals surface area contributed by atoms with E-state index in [1.807, 2.05) is 12.1 Å². The number of nitriles is 1. The van der Waals surface area contributed by atoms with E-state index in [1.165, 1.54) is 0 Å². The van der Waals surface area contributed by atoms with Crippen LogP contribution < -0.4 is 4.74 Å². The third-order valence-corrected chi connectivity index (χ3v) is 4.08. The number of hydrogen-bond acceptors (Lipinski definition) is 4. The maximum Gasteiger partial charge on any atom is 0.310 e. The lowest BCUT2D eigenvalue weighted by molar-refractivity contribution is -0.151. The highest BCUT2D eigenvalue weighted by atomic mass is 16.5. The number of methoxy groups -OCH3 is 1. The van der Waals surface area contributed by atoms with E-state index >= 15 is 0 Å². The zero-order valence-corrected chi connectivity index (χ0v) is 12.4. The molecule has 0 amide bonds. The Balaban J connectivity index is 2.11. The fourth-order valence-corrected chi connectivity index (χ4v) is 2.84. The number of nitrogens with zero attached hydrogens (tertiary/aromatic N) is 2. The number of carbonyl (C=O) groups is 1. The molecule has 1 atom stereocenters. The van der Waals surface area contributed by atoms with E-state index in [0.29, 0.717) is 24.4 Å². The van der Waals surface area contributed by atoms with Crippen LogP contribution in [0, 0.1) is 16.7 Å². The lowest BCUT2D eigenvalue weighted by atomic mass is 9.82. The van der Waals surface area contributed by atoms with E-state index < -0.39 is 11.4 Å². The molecule has 5 heteroatoms. The van der Waals surface area contributed by atoms with Crippen LogP contribution in [0.1, 0.15) is 30.9 Å². The summed E-state index contributed by atoms with van der Waals surface area (Å²) in [5, 5.41) is 18.3.